The average molecular weight is 722 g/mol. The zero-order valence-electron chi connectivity index (χ0n) is 28.2. The fourth-order valence-corrected chi connectivity index (χ4v) is 6.97. The molecule has 3 aromatic carbocycles. The molecule has 0 unspecified atom stereocenters. The van der Waals surface area contributed by atoms with Gasteiger partial charge in [-0.3, -0.25) is 14.9 Å². The Balaban J connectivity index is 1.46. The number of carboxylic acid groups (broad SMARTS) is 1. The summed E-state index contributed by atoms with van der Waals surface area (Å²) in [6, 6.07) is 15.6. The van der Waals surface area contributed by atoms with Gasteiger partial charge in [-0.1, -0.05) is 68.1 Å². The zero-order chi connectivity index (χ0) is 35.8. The summed E-state index contributed by atoms with van der Waals surface area (Å²) in [5.74, 6) is 0.171. The van der Waals surface area contributed by atoms with Gasteiger partial charge in [0.15, 0.2) is 5.75 Å². The molecule has 10 nitrogen and oxygen atoms in total. The standard InChI is InChI=1S/C38H42Cl2N4O6/c1-3-5-18-43-22-33(30-16-15-29(39)21-31(30)40)41-36(43)32(42-37(45)27-11-6-24(4-2)7-12-27)19-26-10-17-35(34(20-26)44(48)49)50-23-25-8-13-28(14-9-25)38(46)47/h8-10,13-17,20-22,24,27,32H,3-7,11-12,18-19,23H2,1-2H3,(H,42,45)(H,46,47)/t24?,27?,32-/m0/s1. The third-order valence-corrected chi connectivity index (χ3v) is 9.99. The summed E-state index contributed by atoms with van der Waals surface area (Å²) >= 11 is 12.8. The number of hydrogen-bond donors (Lipinski definition) is 2. The van der Waals surface area contributed by atoms with Crippen molar-refractivity contribution < 1.29 is 24.4 Å². The first-order chi connectivity index (χ1) is 24.1. The van der Waals surface area contributed by atoms with Crippen molar-refractivity contribution >= 4 is 40.8 Å². The van der Waals surface area contributed by atoms with E-state index in [0.29, 0.717) is 50.7 Å². The fraction of sp³-hybridized carbons (Fsp3) is 0.395. The maximum atomic E-state index is 13.8. The van der Waals surface area contributed by atoms with Crippen LogP contribution in [0.2, 0.25) is 10.0 Å². The molecule has 1 aromatic heterocycles. The lowest BCUT2D eigenvalue weighted by Crippen LogP contribution is -2.37. The van der Waals surface area contributed by atoms with E-state index < -0.39 is 16.9 Å². The summed E-state index contributed by atoms with van der Waals surface area (Å²) in [5.41, 5.74) is 2.58. The fourth-order valence-electron chi connectivity index (χ4n) is 6.47. The molecule has 1 heterocycles. The maximum Gasteiger partial charge on any atom is 0.335 e. The number of nitro benzene ring substituents is 1. The normalized spacial score (nSPS) is 16.5. The number of halogens is 2. The third-order valence-electron chi connectivity index (χ3n) is 9.45. The lowest BCUT2D eigenvalue weighted by Gasteiger charge is -2.29. The van der Waals surface area contributed by atoms with Gasteiger partial charge >= 0.3 is 11.7 Å². The van der Waals surface area contributed by atoms with E-state index >= 15 is 0 Å². The second-order valence-corrected chi connectivity index (χ2v) is 13.7. The highest BCUT2D eigenvalue weighted by molar-refractivity contribution is 6.36. The Bertz CT molecular complexity index is 1820. The number of nitrogens with one attached hydrogen (secondary N) is 1. The Morgan fingerprint density at radius 2 is 1.76 bits per heavy atom. The number of unbranched alkanes of at least 4 members (excludes halogenated alkanes) is 1. The number of aromatic nitrogens is 2. The Morgan fingerprint density at radius 3 is 2.40 bits per heavy atom. The monoisotopic (exact) mass is 720 g/mol. The molecular formula is C38H42Cl2N4O6. The van der Waals surface area contributed by atoms with Gasteiger partial charge in [0.25, 0.3) is 0 Å². The van der Waals surface area contributed by atoms with Crippen molar-refractivity contribution in [2.75, 3.05) is 0 Å². The van der Waals surface area contributed by atoms with E-state index in [0.717, 1.165) is 44.9 Å². The maximum absolute atomic E-state index is 13.8. The molecule has 5 rings (SSSR count). The molecule has 264 valence electrons. The first-order valence-corrected chi connectivity index (χ1v) is 17.9. The van der Waals surface area contributed by atoms with Crippen LogP contribution >= 0.6 is 23.2 Å². The number of carbonyl (C=O) groups is 2. The Labute approximate surface area is 301 Å². The van der Waals surface area contributed by atoms with Crippen LogP contribution in [0.3, 0.4) is 0 Å². The predicted octanol–water partition coefficient (Wildman–Crippen LogP) is 9.46. The zero-order valence-corrected chi connectivity index (χ0v) is 29.8. The number of ether oxygens (including phenoxy) is 1. The average Bonchev–Trinajstić information content (AvgIpc) is 3.53. The molecule has 0 aliphatic heterocycles. The number of benzene rings is 3. The highest BCUT2D eigenvalue weighted by atomic mass is 35.5. The molecule has 1 aliphatic rings. The molecular weight excluding hydrogens is 679 g/mol. The van der Waals surface area contributed by atoms with Crippen LogP contribution in [0, 0.1) is 22.0 Å². The van der Waals surface area contributed by atoms with Gasteiger partial charge in [0, 0.05) is 41.7 Å². The number of rotatable bonds is 15. The number of nitro groups is 1. The number of aryl methyl sites for hydroxylation is 1. The minimum Gasteiger partial charge on any atom is -0.482 e. The molecule has 1 amide bonds. The largest absolute Gasteiger partial charge is 0.482 e. The summed E-state index contributed by atoms with van der Waals surface area (Å²) in [7, 11) is 0. The molecule has 0 spiro atoms. The summed E-state index contributed by atoms with van der Waals surface area (Å²) in [6.07, 6.45) is 8.81. The van der Waals surface area contributed by atoms with E-state index in [1.807, 2.05) is 16.8 Å². The molecule has 0 bridgehead atoms. The van der Waals surface area contributed by atoms with Gasteiger partial charge in [0.1, 0.15) is 12.4 Å². The van der Waals surface area contributed by atoms with Crippen LogP contribution in [0.1, 0.15) is 92.1 Å². The van der Waals surface area contributed by atoms with Crippen LogP contribution in [0.4, 0.5) is 5.69 Å². The van der Waals surface area contributed by atoms with Crippen LogP contribution in [0.5, 0.6) is 5.75 Å². The summed E-state index contributed by atoms with van der Waals surface area (Å²) in [4.78, 5) is 41.8. The van der Waals surface area contributed by atoms with Crippen LogP contribution in [-0.2, 0) is 24.4 Å². The van der Waals surface area contributed by atoms with Crippen molar-refractivity contribution in [2.45, 2.75) is 84.4 Å². The van der Waals surface area contributed by atoms with Gasteiger partial charge in [0.05, 0.1) is 27.2 Å². The second kappa shape index (κ2) is 17.0. The van der Waals surface area contributed by atoms with Gasteiger partial charge in [-0.2, -0.15) is 0 Å². The first-order valence-electron chi connectivity index (χ1n) is 17.1. The number of amides is 1. The summed E-state index contributed by atoms with van der Waals surface area (Å²) < 4.78 is 7.88. The molecule has 12 heteroatoms. The molecule has 50 heavy (non-hydrogen) atoms. The van der Waals surface area contributed by atoms with Gasteiger partial charge in [-0.15, -0.1) is 0 Å². The van der Waals surface area contributed by atoms with E-state index in [1.54, 1.807) is 36.4 Å². The SMILES string of the molecule is CCCCn1cc(-c2ccc(Cl)cc2Cl)nc1[C@H](Cc1ccc(OCc2ccc(C(=O)O)cc2)c([N+](=O)[O-])c1)NC(=O)C1CCC(CC)CC1. The van der Waals surface area contributed by atoms with Crippen molar-refractivity contribution in [3.63, 3.8) is 0 Å². The highest BCUT2D eigenvalue weighted by Gasteiger charge is 2.30. The lowest BCUT2D eigenvalue weighted by molar-refractivity contribution is -0.386. The van der Waals surface area contributed by atoms with Crippen LogP contribution < -0.4 is 10.1 Å². The molecule has 1 atom stereocenters. The van der Waals surface area contributed by atoms with E-state index in [1.165, 1.54) is 18.2 Å². The van der Waals surface area contributed by atoms with Gasteiger partial charge in [-0.05, 0) is 85.5 Å². The number of imidazole rings is 1. The van der Waals surface area contributed by atoms with E-state index in [4.69, 9.17) is 38.0 Å². The highest BCUT2D eigenvalue weighted by Crippen LogP contribution is 2.35. The van der Waals surface area contributed by atoms with Gasteiger partial charge in [-0.25, -0.2) is 9.78 Å². The van der Waals surface area contributed by atoms with Crippen LogP contribution in [0.25, 0.3) is 11.3 Å². The number of carboxylic acids is 1. The van der Waals surface area contributed by atoms with E-state index in [-0.39, 0.29) is 41.9 Å². The van der Waals surface area contributed by atoms with Crippen LogP contribution in [-0.4, -0.2) is 31.5 Å². The smallest absolute Gasteiger partial charge is 0.335 e. The van der Waals surface area contributed by atoms with Crippen molar-refractivity contribution in [3.05, 3.63) is 110 Å². The van der Waals surface area contributed by atoms with Crippen molar-refractivity contribution in [3.8, 4) is 17.0 Å². The van der Waals surface area contributed by atoms with E-state index in [2.05, 4.69) is 19.2 Å². The Morgan fingerprint density at radius 1 is 1.04 bits per heavy atom. The summed E-state index contributed by atoms with van der Waals surface area (Å²) in [6.45, 7) is 4.98. The predicted molar refractivity (Wildman–Crippen MR) is 194 cm³/mol. The molecule has 1 saturated carbocycles. The number of hydrogen-bond acceptors (Lipinski definition) is 6. The van der Waals surface area contributed by atoms with Crippen LogP contribution in [0.15, 0.2) is 66.9 Å². The van der Waals surface area contributed by atoms with Gasteiger partial charge < -0.3 is 19.7 Å². The minimum absolute atomic E-state index is 0.0178. The quantitative estimate of drug-likeness (QED) is 0.0922. The Hall–Kier alpha value is -4.41. The summed E-state index contributed by atoms with van der Waals surface area (Å²) in [5, 5.41) is 25.7. The van der Waals surface area contributed by atoms with Crippen molar-refractivity contribution in [2.24, 2.45) is 11.8 Å². The number of carbonyl (C=O) groups excluding carboxylic acids is 1. The lowest BCUT2D eigenvalue weighted by atomic mass is 9.80. The minimum atomic E-state index is -1.04. The molecule has 1 fully saturated rings. The molecule has 0 radical (unpaired) electrons. The molecule has 1 aliphatic carbocycles. The molecule has 0 saturated heterocycles. The van der Waals surface area contributed by atoms with E-state index in [9.17, 15) is 19.7 Å². The first kappa shape index (κ1) is 36.9. The topological polar surface area (TPSA) is 137 Å². The molecule has 2 N–H and O–H groups in total. The number of nitrogens with zero attached hydrogens (tertiary/aromatic N) is 3. The van der Waals surface area contributed by atoms with Crippen molar-refractivity contribution in [1.82, 2.24) is 14.9 Å². The third kappa shape index (κ3) is 9.22. The van der Waals surface area contributed by atoms with Gasteiger partial charge in [0.2, 0.25) is 5.91 Å². The Kier molecular flexibility index (Phi) is 12.5. The second-order valence-electron chi connectivity index (χ2n) is 12.9. The number of aromatic carboxylic acids is 1. The molecule has 4 aromatic rings. The van der Waals surface area contributed by atoms with Crippen molar-refractivity contribution in [1.29, 1.82) is 0 Å².